The van der Waals surface area contributed by atoms with Gasteiger partial charge in [-0.25, -0.2) is 0 Å². The highest BCUT2D eigenvalue weighted by atomic mass is 16.5. The quantitative estimate of drug-likeness (QED) is 0.376. The van der Waals surface area contributed by atoms with Crippen LogP contribution in [0.1, 0.15) is 42.1 Å². The lowest BCUT2D eigenvalue weighted by Gasteiger charge is -2.09. The number of hydrogen-bond acceptors (Lipinski definition) is 4. The third kappa shape index (κ3) is 3.28. The second-order valence-electron chi connectivity index (χ2n) is 6.54. The monoisotopic (exact) mass is 359 g/mol. The number of unbranched alkanes of at least 4 members (excludes halogenated alkanes) is 2. The molecule has 1 N–H and O–H groups in total. The predicted octanol–water partition coefficient (Wildman–Crippen LogP) is 4.91. The van der Waals surface area contributed by atoms with Crippen LogP contribution in [0.5, 0.6) is 5.75 Å². The van der Waals surface area contributed by atoms with Gasteiger partial charge in [-0.05, 0) is 29.3 Å². The highest BCUT2D eigenvalue weighted by Gasteiger charge is 2.19. The average molecular weight is 359 g/mol. The number of ketones is 1. The molecular formula is C22H21N3O2. The molecule has 27 heavy (non-hydrogen) atoms. The average Bonchev–Trinajstić information content (AvgIpc) is 3.20. The molecule has 0 aliphatic carbocycles. The first-order valence-electron chi connectivity index (χ1n) is 9.28. The summed E-state index contributed by atoms with van der Waals surface area (Å²) in [6.07, 6.45) is 3.26. The Kier molecular flexibility index (Phi) is 4.83. The molecule has 0 unspecified atom stereocenters. The van der Waals surface area contributed by atoms with E-state index in [9.17, 15) is 4.79 Å². The molecule has 0 saturated heterocycles. The van der Waals surface area contributed by atoms with Crippen molar-refractivity contribution in [2.24, 2.45) is 0 Å². The van der Waals surface area contributed by atoms with Gasteiger partial charge >= 0.3 is 0 Å². The van der Waals surface area contributed by atoms with Crippen LogP contribution >= 0.6 is 0 Å². The standard InChI is InChI=1S/C22H21N3O2/c1-2-3-6-14-27-19-13-12-18(20-21(19)24-25-23-20)22(26)17-11-7-9-15-8-4-5-10-16(15)17/h4-5,7-13H,2-3,6,14H2,1H3,(H,23,24,25). The fraction of sp³-hybridized carbons (Fsp3) is 0.227. The summed E-state index contributed by atoms with van der Waals surface area (Å²) in [5.74, 6) is 0.590. The van der Waals surface area contributed by atoms with Gasteiger partial charge in [0.25, 0.3) is 0 Å². The molecule has 0 aliphatic heterocycles. The van der Waals surface area contributed by atoms with Crippen LogP contribution < -0.4 is 4.74 Å². The van der Waals surface area contributed by atoms with Crippen molar-refractivity contribution in [1.29, 1.82) is 0 Å². The van der Waals surface area contributed by atoms with E-state index < -0.39 is 0 Å². The van der Waals surface area contributed by atoms with Crippen LogP contribution in [0.15, 0.2) is 54.6 Å². The lowest BCUT2D eigenvalue weighted by molar-refractivity contribution is 0.104. The summed E-state index contributed by atoms with van der Waals surface area (Å²) in [4.78, 5) is 13.3. The van der Waals surface area contributed by atoms with Crippen LogP contribution in [0.4, 0.5) is 0 Å². The molecule has 0 aliphatic rings. The largest absolute Gasteiger partial charge is 0.491 e. The number of carbonyl (C=O) groups excluding carboxylic acids is 1. The van der Waals surface area contributed by atoms with Gasteiger partial charge in [0.1, 0.15) is 11.3 Å². The first kappa shape index (κ1) is 17.2. The molecule has 1 aromatic heterocycles. The van der Waals surface area contributed by atoms with Crippen molar-refractivity contribution >= 4 is 27.6 Å². The third-order valence-corrected chi connectivity index (χ3v) is 4.72. The molecule has 0 amide bonds. The van der Waals surface area contributed by atoms with E-state index in [-0.39, 0.29) is 5.78 Å². The Morgan fingerprint density at radius 2 is 1.74 bits per heavy atom. The van der Waals surface area contributed by atoms with Crippen LogP contribution in [0.25, 0.3) is 21.8 Å². The zero-order chi connectivity index (χ0) is 18.6. The van der Waals surface area contributed by atoms with Crippen molar-refractivity contribution in [1.82, 2.24) is 15.4 Å². The number of ether oxygens (including phenoxy) is 1. The number of carbonyl (C=O) groups is 1. The second-order valence-corrected chi connectivity index (χ2v) is 6.54. The summed E-state index contributed by atoms with van der Waals surface area (Å²) in [5.41, 5.74) is 2.32. The number of rotatable bonds is 7. The van der Waals surface area contributed by atoms with E-state index in [1.165, 1.54) is 0 Å². The van der Waals surface area contributed by atoms with E-state index in [1.54, 1.807) is 6.07 Å². The minimum Gasteiger partial charge on any atom is -0.491 e. The number of H-pyrrole nitrogens is 1. The molecule has 0 fully saturated rings. The van der Waals surface area contributed by atoms with Gasteiger partial charge in [0.15, 0.2) is 11.3 Å². The highest BCUT2D eigenvalue weighted by Crippen LogP contribution is 2.29. The summed E-state index contributed by atoms with van der Waals surface area (Å²) in [6, 6.07) is 17.2. The molecule has 4 aromatic rings. The summed E-state index contributed by atoms with van der Waals surface area (Å²) >= 11 is 0. The molecule has 5 nitrogen and oxygen atoms in total. The highest BCUT2D eigenvalue weighted by molar-refractivity contribution is 6.20. The van der Waals surface area contributed by atoms with Gasteiger partial charge in [-0.2, -0.15) is 15.4 Å². The van der Waals surface area contributed by atoms with Gasteiger partial charge in [0, 0.05) is 5.56 Å². The molecule has 0 spiro atoms. The number of fused-ring (bicyclic) bond motifs is 2. The molecule has 5 heteroatoms. The maximum Gasteiger partial charge on any atom is 0.195 e. The fourth-order valence-corrected chi connectivity index (χ4v) is 3.31. The normalized spacial score (nSPS) is 11.1. The van der Waals surface area contributed by atoms with Gasteiger partial charge < -0.3 is 4.74 Å². The maximum atomic E-state index is 13.3. The molecule has 1 heterocycles. The Balaban J connectivity index is 1.72. The number of hydrogen-bond donors (Lipinski definition) is 1. The molecule has 0 radical (unpaired) electrons. The Bertz CT molecular complexity index is 1100. The van der Waals surface area contributed by atoms with Crippen LogP contribution in [0, 0.1) is 0 Å². The molecule has 4 rings (SSSR count). The Hall–Kier alpha value is -3.21. The van der Waals surface area contributed by atoms with E-state index in [1.807, 2.05) is 48.5 Å². The van der Waals surface area contributed by atoms with Crippen LogP contribution in [-0.2, 0) is 0 Å². The minimum absolute atomic E-state index is 0.0665. The van der Waals surface area contributed by atoms with E-state index in [2.05, 4.69) is 22.3 Å². The molecule has 0 atom stereocenters. The van der Waals surface area contributed by atoms with E-state index in [0.29, 0.717) is 34.5 Å². The minimum atomic E-state index is -0.0665. The molecule has 0 saturated carbocycles. The Morgan fingerprint density at radius 1 is 0.926 bits per heavy atom. The number of aromatic nitrogens is 3. The summed E-state index contributed by atoms with van der Waals surface area (Å²) in [5, 5.41) is 13.0. The molecule has 3 aromatic carbocycles. The predicted molar refractivity (Wildman–Crippen MR) is 106 cm³/mol. The van der Waals surface area contributed by atoms with Crippen molar-refractivity contribution in [3.63, 3.8) is 0 Å². The lowest BCUT2D eigenvalue weighted by atomic mass is 9.96. The Morgan fingerprint density at radius 3 is 2.63 bits per heavy atom. The van der Waals surface area contributed by atoms with Crippen molar-refractivity contribution in [2.75, 3.05) is 6.61 Å². The van der Waals surface area contributed by atoms with E-state index in [0.717, 1.165) is 30.0 Å². The summed E-state index contributed by atoms with van der Waals surface area (Å²) in [6.45, 7) is 2.79. The van der Waals surface area contributed by atoms with E-state index in [4.69, 9.17) is 4.74 Å². The summed E-state index contributed by atoms with van der Waals surface area (Å²) < 4.78 is 5.86. The van der Waals surface area contributed by atoms with Crippen molar-refractivity contribution in [2.45, 2.75) is 26.2 Å². The Labute approximate surface area is 157 Å². The molecule has 0 bridgehead atoms. The fourth-order valence-electron chi connectivity index (χ4n) is 3.31. The number of nitrogens with zero attached hydrogens (tertiary/aromatic N) is 2. The van der Waals surface area contributed by atoms with Gasteiger partial charge in [-0.1, -0.05) is 62.2 Å². The topological polar surface area (TPSA) is 67.9 Å². The molecular weight excluding hydrogens is 338 g/mol. The SMILES string of the molecule is CCCCCOc1ccc(C(=O)c2cccc3ccccc23)c2n[nH]nc12. The zero-order valence-corrected chi connectivity index (χ0v) is 15.2. The number of aromatic amines is 1. The van der Waals surface area contributed by atoms with Gasteiger partial charge in [0.2, 0.25) is 0 Å². The van der Waals surface area contributed by atoms with Gasteiger partial charge in [-0.3, -0.25) is 4.79 Å². The third-order valence-electron chi connectivity index (χ3n) is 4.72. The second kappa shape index (κ2) is 7.58. The van der Waals surface area contributed by atoms with Crippen molar-refractivity contribution < 1.29 is 9.53 Å². The van der Waals surface area contributed by atoms with Crippen molar-refractivity contribution in [3.8, 4) is 5.75 Å². The first-order valence-corrected chi connectivity index (χ1v) is 9.28. The van der Waals surface area contributed by atoms with Crippen molar-refractivity contribution in [3.05, 3.63) is 65.7 Å². The molecule has 136 valence electrons. The van der Waals surface area contributed by atoms with E-state index >= 15 is 0 Å². The van der Waals surface area contributed by atoms with Gasteiger partial charge in [-0.15, -0.1) is 0 Å². The summed E-state index contributed by atoms with van der Waals surface area (Å²) in [7, 11) is 0. The van der Waals surface area contributed by atoms with Crippen LogP contribution in [-0.4, -0.2) is 27.8 Å². The smallest absolute Gasteiger partial charge is 0.195 e. The first-order chi connectivity index (χ1) is 13.3. The van der Waals surface area contributed by atoms with Gasteiger partial charge in [0.05, 0.1) is 12.2 Å². The number of nitrogens with one attached hydrogen (secondary N) is 1. The lowest BCUT2D eigenvalue weighted by Crippen LogP contribution is -2.04. The number of benzene rings is 3. The maximum absolute atomic E-state index is 13.3. The van der Waals surface area contributed by atoms with Crippen LogP contribution in [0.2, 0.25) is 0 Å². The van der Waals surface area contributed by atoms with Crippen LogP contribution in [0.3, 0.4) is 0 Å². The zero-order valence-electron chi connectivity index (χ0n) is 15.2.